The summed E-state index contributed by atoms with van der Waals surface area (Å²) in [5.41, 5.74) is -0.157. The second-order valence-corrected chi connectivity index (χ2v) is 11.3. The molecule has 0 amide bonds. The van der Waals surface area contributed by atoms with Gasteiger partial charge in [-0.1, -0.05) is 24.7 Å². The summed E-state index contributed by atoms with van der Waals surface area (Å²) < 4.78 is 11.3. The molecule has 0 saturated heterocycles. The Morgan fingerprint density at radius 2 is 2.14 bits per heavy atom. The molecule has 0 atom stereocenters. The molecule has 1 aromatic heterocycles. The zero-order valence-corrected chi connectivity index (χ0v) is 13.8. The monoisotopic (exact) mass is 315 g/mol. The molecule has 9 heteroatoms. The van der Waals surface area contributed by atoms with Crippen LogP contribution >= 0.6 is 0 Å². The number of nitro groups is 1. The number of esters is 1. The molecule has 0 N–H and O–H groups in total. The predicted octanol–water partition coefficient (Wildman–Crippen LogP) is 2.28. The number of hydrogen-bond donors (Lipinski definition) is 0. The first-order chi connectivity index (χ1) is 9.76. The van der Waals surface area contributed by atoms with E-state index in [4.69, 9.17) is 9.47 Å². The molecule has 1 aromatic rings. The molecule has 0 radical (unpaired) electrons. The van der Waals surface area contributed by atoms with E-state index in [9.17, 15) is 14.9 Å². The Hall–Kier alpha value is -1.74. The van der Waals surface area contributed by atoms with Gasteiger partial charge in [0.25, 0.3) is 0 Å². The van der Waals surface area contributed by atoms with Crippen LogP contribution in [-0.2, 0) is 16.2 Å². The van der Waals surface area contributed by atoms with E-state index in [2.05, 4.69) is 24.7 Å². The number of carbonyl (C=O) groups is 1. The quantitative estimate of drug-likeness (QED) is 0.240. The second-order valence-electron chi connectivity index (χ2n) is 5.71. The molecule has 0 aromatic carbocycles. The van der Waals surface area contributed by atoms with Crippen LogP contribution in [0.4, 0.5) is 5.82 Å². The van der Waals surface area contributed by atoms with Gasteiger partial charge < -0.3 is 19.6 Å². The van der Waals surface area contributed by atoms with Gasteiger partial charge in [-0.15, -0.1) is 4.68 Å². The molecule has 0 aliphatic rings. The zero-order valence-electron chi connectivity index (χ0n) is 12.8. The van der Waals surface area contributed by atoms with E-state index in [1.54, 1.807) is 6.92 Å². The third-order valence-electron chi connectivity index (χ3n) is 2.69. The van der Waals surface area contributed by atoms with Crippen molar-refractivity contribution in [1.29, 1.82) is 0 Å². The van der Waals surface area contributed by atoms with Crippen molar-refractivity contribution in [3.63, 3.8) is 0 Å². The number of nitrogens with zero attached hydrogens (tertiary/aromatic N) is 3. The van der Waals surface area contributed by atoms with Crippen LogP contribution < -0.4 is 0 Å². The molecule has 0 spiro atoms. The summed E-state index contributed by atoms with van der Waals surface area (Å²) in [4.78, 5) is 22.1. The Kier molecular flexibility index (Phi) is 6.03. The summed E-state index contributed by atoms with van der Waals surface area (Å²) >= 11 is 0. The van der Waals surface area contributed by atoms with Crippen LogP contribution in [0.15, 0.2) is 6.20 Å². The summed E-state index contributed by atoms with van der Waals surface area (Å²) in [7, 11) is -1.22. The van der Waals surface area contributed by atoms with Gasteiger partial charge in [0.05, 0.1) is 12.8 Å². The molecule has 8 nitrogen and oxygen atoms in total. The summed E-state index contributed by atoms with van der Waals surface area (Å²) in [6.07, 6.45) is 1.14. The van der Waals surface area contributed by atoms with Gasteiger partial charge in [-0.2, -0.15) is 0 Å². The lowest BCUT2D eigenvalue weighted by Gasteiger charge is -2.14. The van der Waals surface area contributed by atoms with Crippen molar-refractivity contribution in [2.45, 2.75) is 39.3 Å². The minimum Gasteiger partial charge on any atom is -0.462 e. The van der Waals surface area contributed by atoms with Crippen molar-refractivity contribution in [3.8, 4) is 0 Å². The maximum atomic E-state index is 11.6. The van der Waals surface area contributed by atoms with Crippen LogP contribution in [0.25, 0.3) is 0 Å². The SMILES string of the molecule is CCOC(=O)c1cnn(COCC[Si](C)(C)C)c1[N+](=O)[O-]. The summed E-state index contributed by atoms with van der Waals surface area (Å²) in [6.45, 7) is 8.88. The topological polar surface area (TPSA) is 96.5 Å². The van der Waals surface area contributed by atoms with Crippen molar-refractivity contribution in [1.82, 2.24) is 9.78 Å². The molecule has 0 saturated carbocycles. The number of rotatable bonds is 8. The van der Waals surface area contributed by atoms with Crippen molar-refractivity contribution in [2.24, 2.45) is 0 Å². The molecular formula is C12H21N3O5Si. The maximum Gasteiger partial charge on any atom is 0.361 e. The molecule has 21 heavy (non-hydrogen) atoms. The molecule has 0 aliphatic heterocycles. The third-order valence-corrected chi connectivity index (χ3v) is 4.39. The van der Waals surface area contributed by atoms with Crippen LogP contribution in [-0.4, -0.2) is 42.0 Å². The van der Waals surface area contributed by atoms with Crippen molar-refractivity contribution >= 4 is 19.9 Å². The smallest absolute Gasteiger partial charge is 0.361 e. The van der Waals surface area contributed by atoms with Gasteiger partial charge in [0, 0.05) is 14.7 Å². The standard InChI is InChI=1S/C12H21N3O5Si/c1-5-20-12(16)10-8-13-14(11(10)15(17)18)9-19-6-7-21(2,3)4/h8H,5-7,9H2,1-4H3. The first-order valence-corrected chi connectivity index (χ1v) is 10.4. The second kappa shape index (κ2) is 7.32. The van der Waals surface area contributed by atoms with E-state index in [0.29, 0.717) is 6.61 Å². The molecule has 1 rings (SSSR count). The minimum atomic E-state index is -1.22. The van der Waals surface area contributed by atoms with Gasteiger partial charge in [0.15, 0.2) is 5.56 Å². The lowest BCUT2D eigenvalue weighted by atomic mass is 10.3. The molecule has 118 valence electrons. The van der Waals surface area contributed by atoms with Gasteiger partial charge in [0.1, 0.15) is 0 Å². The summed E-state index contributed by atoms with van der Waals surface area (Å²) in [6, 6.07) is 0.951. The average Bonchev–Trinajstić information content (AvgIpc) is 2.77. The number of carbonyl (C=O) groups excluding carboxylic acids is 1. The third kappa shape index (κ3) is 5.27. The van der Waals surface area contributed by atoms with Crippen LogP contribution in [0.3, 0.4) is 0 Å². The Morgan fingerprint density at radius 3 is 2.67 bits per heavy atom. The number of hydrogen-bond acceptors (Lipinski definition) is 6. The van der Waals surface area contributed by atoms with Gasteiger partial charge >= 0.3 is 11.8 Å². The minimum absolute atomic E-state index is 0.0554. The molecule has 0 aliphatic carbocycles. The lowest BCUT2D eigenvalue weighted by molar-refractivity contribution is -0.394. The maximum absolute atomic E-state index is 11.6. The highest BCUT2D eigenvalue weighted by molar-refractivity contribution is 6.76. The van der Waals surface area contributed by atoms with E-state index in [1.807, 2.05) is 0 Å². The fourth-order valence-corrected chi connectivity index (χ4v) is 2.30. The molecule has 0 fully saturated rings. The van der Waals surface area contributed by atoms with E-state index in [-0.39, 0.29) is 18.9 Å². The summed E-state index contributed by atoms with van der Waals surface area (Å²) in [5.74, 6) is -1.15. The van der Waals surface area contributed by atoms with Crippen LogP contribution in [0.1, 0.15) is 17.3 Å². The highest BCUT2D eigenvalue weighted by atomic mass is 28.3. The Balaban J connectivity index is 2.75. The molecular weight excluding hydrogens is 294 g/mol. The van der Waals surface area contributed by atoms with E-state index in [0.717, 1.165) is 16.9 Å². The van der Waals surface area contributed by atoms with Gasteiger partial charge in [-0.05, 0) is 17.9 Å². The average molecular weight is 315 g/mol. The Morgan fingerprint density at radius 1 is 1.48 bits per heavy atom. The van der Waals surface area contributed by atoms with Crippen LogP contribution in [0.2, 0.25) is 25.7 Å². The molecule has 1 heterocycles. The van der Waals surface area contributed by atoms with Gasteiger partial charge in [-0.3, -0.25) is 0 Å². The largest absolute Gasteiger partial charge is 0.462 e. The summed E-state index contributed by atoms with van der Waals surface area (Å²) in [5, 5.41) is 14.9. The van der Waals surface area contributed by atoms with Gasteiger partial charge in [0.2, 0.25) is 6.73 Å². The predicted molar refractivity (Wildman–Crippen MR) is 78.9 cm³/mol. The molecule has 0 bridgehead atoms. The first kappa shape index (κ1) is 17.3. The van der Waals surface area contributed by atoms with Crippen LogP contribution in [0.5, 0.6) is 0 Å². The lowest BCUT2D eigenvalue weighted by Crippen LogP contribution is -2.22. The highest BCUT2D eigenvalue weighted by Gasteiger charge is 2.28. The first-order valence-electron chi connectivity index (χ1n) is 6.71. The van der Waals surface area contributed by atoms with Crippen molar-refractivity contribution in [2.75, 3.05) is 13.2 Å². The van der Waals surface area contributed by atoms with Crippen LogP contribution in [0, 0.1) is 10.1 Å². The Bertz CT molecular complexity index is 509. The van der Waals surface area contributed by atoms with Crippen molar-refractivity contribution < 1.29 is 19.2 Å². The van der Waals surface area contributed by atoms with Gasteiger partial charge in [-0.25, -0.2) is 4.79 Å². The fraction of sp³-hybridized carbons (Fsp3) is 0.667. The van der Waals surface area contributed by atoms with E-state index >= 15 is 0 Å². The highest BCUT2D eigenvalue weighted by Crippen LogP contribution is 2.19. The number of ether oxygens (including phenoxy) is 2. The number of aromatic nitrogens is 2. The Labute approximate surface area is 124 Å². The van der Waals surface area contributed by atoms with E-state index < -0.39 is 24.8 Å². The van der Waals surface area contributed by atoms with E-state index in [1.165, 1.54) is 0 Å². The zero-order chi connectivity index (χ0) is 16.0. The fourth-order valence-electron chi connectivity index (χ4n) is 1.55. The van der Waals surface area contributed by atoms with Crippen molar-refractivity contribution in [3.05, 3.63) is 21.9 Å². The molecule has 0 unspecified atom stereocenters. The normalized spacial score (nSPS) is 11.4.